The fourth-order valence-electron chi connectivity index (χ4n) is 6.26. The summed E-state index contributed by atoms with van der Waals surface area (Å²) in [6, 6.07) is 43.7. The molecule has 0 aliphatic rings. The van der Waals surface area contributed by atoms with Crippen LogP contribution in [-0.2, 0) is 0 Å². The van der Waals surface area contributed by atoms with Crippen LogP contribution in [0.4, 0.5) is 17.1 Å². The number of fused-ring (bicyclic) bond motifs is 7. The number of pyridine rings is 2. The third kappa shape index (κ3) is 3.65. The number of nitrogens with zero attached hydrogens (tertiary/aromatic N) is 3. The number of hydrogen-bond donors (Lipinski definition) is 0. The zero-order chi connectivity index (χ0) is 28.3. The van der Waals surface area contributed by atoms with Crippen molar-refractivity contribution in [3.63, 3.8) is 0 Å². The highest BCUT2D eigenvalue weighted by molar-refractivity contribution is 6.15. The van der Waals surface area contributed by atoms with E-state index in [2.05, 4.69) is 83.8 Å². The molecule has 9 rings (SSSR count). The van der Waals surface area contributed by atoms with Gasteiger partial charge in [0.1, 0.15) is 22.2 Å². The molecule has 0 fully saturated rings. The summed E-state index contributed by atoms with van der Waals surface area (Å²) in [4.78, 5) is 11.8. The number of hydrogen-bond acceptors (Lipinski definition) is 5. The van der Waals surface area contributed by atoms with E-state index >= 15 is 0 Å². The Morgan fingerprint density at radius 2 is 1.28 bits per heavy atom. The third-order valence-electron chi connectivity index (χ3n) is 8.14. The largest absolute Gasteiger partial charge is 0.454 e. The Balaban J connectivity index is 1.42. The van der Waals surface area contributed by atoms with Gasteiger partial charge in [0.2, 0.25) is 0 Å². The van der Waals surface area contributed by atoms with Gasteiger partial charge in [-0.3, -0.25) is 9.97 Å². The van der Waals surface area contributed by atoms with Gasteiger partial charge in [0.15, 0.2) is 11.2 Å². The smallest absolute Gasteiger partial charge is 0.177 e. The van der Waals surface area contributed by atoms with Gasteiger partial charge in [-0.15, -0.1) is 0 Å². The number of anilines is 3. The van der Waals surface area contributed by atoms with Crippen LogP contribution < -0.4 is 4.90 Å². The molecule has 43 heavy (non-hydrogen) atoms. The molecular formula is C38H23N3O2. The molecule has 0 amide bonds. The molecule has 4 heterocycles. The van der Waals surface area contributed by atoms with Crippen LogP contribution in [0.1, 0.15) is 0 Å². The lowest BCUT2D eigenvalue weighted by Gasteiger charge is -2.27. The van der Waals surface area contributed by atoms with Crippen LogP contribution in [0.3, 0.4) is 0 Å². The quantitative estimate of drug-likeness (QED) is 0.217. The summed E-state index contributed by atoms with van der Waals surface area (Å²) < 4.78 is 12.8. The minimum absolute atomic E-state index is 0.718. The summed E-state index contributed by atoms with van der Waals surface area (Å²) in [6.45, 7) is 0. The van der Waals surface area contributed by atoms with Gasteiger partial charge in [-0.05, 0) is 76.5 Å². The van der Waals surface area contributed by atoms with Gasteiger partial charge in [0, 0.05) is 23.5 Å². The lowest BCUT2D eigenvalue weighted by atomic mass is 9.96. The second-order valence-electron chi connectivity index (χ2n) is 10.6. The van der Waals surface area contributed by atoms with E-state index in [0.717, 1.165) is 77.7 Å². The molecule has 0 N–H and O–H groups in total. The van der Waals surface area contributed by atoms with Crippen molar-refractivity contribution in [1.29, 1.82) is 0 Å². The van der Waals surface area contributed by atoms with E-state index in [1.807, 2.05) is 60.9 Å². The minimum Gasteiger partial charge on any atom is -0.454 e. The maximum atomic E-state index is 6.55. The Morgan fingerprint density at radius 1 is 0.512 bits per heavy atom. The molecule has 0 unspecified atom stereocenters. The zero-order valence-electron chi connectivity index (χ0n) is 22.9. The summed E-state index contributed by atoms with van der Waals surface area (Å²) in [7, 11) is 0. The van der Waals surface area contributed by atoms with E-state index in [1.54, 1.807) is 0 Å². The third-order valence-corrected chi connectivity index (χ3v) is 8.14. The van der Waals surface area contributed by atoms with Crippen molar-refractivity contribution in [2.24, 2.45) is 0 Å². The van der Waals surface area contributed by atoms with Crippen LogP contribution in [-0.4, -0.2) is 9.97 Å². The van der Waals surface area contributed by atoms with E-state index < -0.39 is 0 Å². The molecular weight excluding hydrogens is 530 g/mol. The van der Waals surface area contributed by atoms with Gasteiger partial charge >= 0.3 is 0 Å². The maximum Gasteiger partial charge on any atom is 0.177 e. The molecule has 0 aliphatic heterocycles. The molecule has 5 heteroatoms. The Hall–Kier alpha value is -5.94. The Bertz CT molecular complexity index is 2480. The summed E-state index contributed by atoms with van der Waals surface area (Å²) in [6.07, 6.45) is 3.67. The fourth-order valence-corrected chi connectivity index (χ4v) is 6.26. The molecule has 0 bridgehead atoms. The summed E-state index contributed by atoms with van der Waals surface area (Å²) in [5.41, 5.74) is 9.79. The van der Waals surface area contributed by atoms with Gasteiger partial charge in [0.25, 0.3) is 0 Å². The van der Waals surface area contributed by atoms with Gasteiger partial charge in [0.05, 0.1) is 16.8 Å². The SMILES string of the molecule is c1ccc(-c2cc(N(c3ccnc4c3oc3ccccc34)c3cccc4oc5cccnc5c34)cc3ccccc23)cc1. The van der Waals surface area contributed by atoms with Crippen LogP contribution in [0.25, 0.3) is 66.0 Å². The van der Waals surface area contributed by atoms with Crippen molar-refractivity contribution in [3.8, 4) is 11.1 Å². The Kier molecular flexibility index (Phi) is 5.13. The molecule has 0 spiro atoms. The first-order chi connectivity index (χ1) is 21.3. The lowest BCUT2D eigenvalue weighted by Crippen LogP contribution is -2.11. The summed E-state index contributed by atoms with van der Waals surface area (Å²) >= 11 is 0. The second-order valence-corrected chi connectivity index (χ2v) is 10.6. The van der Waals surface area contributed by atoms with E-state index in [1.165, 1.54) is 5.39 Å². The molecule has 5 nitrogen and oxygen atoms in total. The first-order valence-electron chi connectivity index (χ1n) is 14.2. The number of rotatable bonds is 4. The monoisotopic (exact) mass is 553 g/mol. The highest BCUT2D eigenvalue weighted by Gasteiger charge is 2.24. The topological polar surface area (TPSA) is 55.3 Å². The van der Waals surface area contributed by atoms with Crippen LogP contribution in [0.5, 0.6) is 0 Å². The van der Waals surface area contributed by atoms with Crippen LogP contribution in [0.15, 0.2) is 149 Å². The van der Waals surface area contributed by atoms with Crippen molar-refractivity contribution in [3.05, 3.63) is 140 Å². The van der Waals surface area contributed by atoms with E-state index in [4.69, 9.17) is 18.8 Å². The highest BCUT2D eigenvalue weighted by atomic mass is 16.3. The lowest BCUT2D eigenvalue weighted by molar-refractivity contribution is 0.667. The predicted octanol–water partition coefficient (Wildman–Crippen LogP) is 10.6. The van der Waals surface area contributed by atoms with Crippen molar-refractivity contribution in [2.75, 3.05) is 4.90 Å². The molecule has 0 atom stereocenters. The molecule has 202 valence electrons. The van der Waals surface area contributed by atoms with Crippen LogP contribution in [0, 0.1) is 0 Å². The van der Waals surface area contributed by atoms with E-state index in [9.17, 15) is 0 Å². The Morgan fingerprint density at radius 3 is 2.21 bits per heavy atom. The van der Waals surface area contributed by atoms with E-state index in [-0.39, 0.29) is 0 Å². The molecule has 0 saturated carbocycles. The number of furan rings is 2. The number of para-hydroxylation sites is 1. The molecule has 9 aromatic rings. The molecule has 0 saturated heterocycles. The molecule has 0 radical (unpaired) electrons. The maximum absolute atomic E-state index is 6.55. The fraction of sp³-hybridized carbons (Fsp3) is 0. The minimum atomic E-state index is 0.718. The van der Waals surface area contributed by atoms with Crippen LogP contribution in [0.2, 0.25) is 0 Å². The van der Waals surface area contributed by atoms with Crippen molar-refractivity contribution in [1.82, 2.24) is 9.97 Å². The first kappa shape index (κ1) is 23.7. The highest BCUT2D eigenvalue weighted by Crippen LogP contribution is 2.47. The summed E-state index contributed by atoms with van der Waals surface area (Å²) in [5, 5.41) is 4.25. The molecule has 5 aromatic carbocycles. The number of aromatic nitrogens is 2. The zero-order valence-corrected chi connectivity index (χ0v) is 22.9. The van der Waals surface area contributed by atoms with Crippen molar-refractivity contribution < 1.29 is 8.83 Å². The summed E-state index contributed by atoms with van der Waals surface area (Å²) in [5.74, 6) is 0. The average molecular weight is 554 g/mol. The predicted molar refractivity (Wildman–Crippen MR) is 174 cm³/mol. The molecule has 4 aromatic heterocycles. The van der Waals surface area contributed by atoms with Crippen molar-refractivity contribution >= 4 is 72.0 Å². The van der Waals surface area contributed by atoms with Gasteiger partial charge in [-0.1, -0.05) is 72.8 Å². The van der Waals surface area contributed by atoms with Gasteiger partial charge < -0.3 is 13.7 Å². The number of benzene rings is 5. The standard InChI is InChI=1S/C38H23N3O2/c1-2-10-24(11-3-1)29-23-26(22-25-12-4-5-13-27(25)29)41(30-15-8-17-33-35(30)37-34(42-33)18-9-20-39-37)31-19-21-40-36-28-14-6-7-16-32(28)43-38(31)36/h1-23H. The first-order valence-corrected chi connectivity index (χ1v) is 14.2. The van der Waals surface area contributed by atoms with E-state index in [0.29, 0.717) is 0 Å². The van der Waals surface area contributed by atoms with Crippen molar-refractivity contribution in [2.45, 2.75) is 0 Å². The normalized spacial score (nSPS) is 11.7. The Labute approximate surface area is 246 Å². The average Bonchev–Trinajstić information content (AvgIpc) is 3.64. The van der Waals surface area contributed by atoms with Gasteiger partial charge in [-0.25, -0.2) is 0 Å². The second kappa shape index (κ2) is 9.29. The molecule has 0 aliphatic carbocycles. The van der Waals surface area contributed by atoms with Gasteiger partial charge in [-0.2, -0.15) is 0 Å². The van der Waals surface area contributed by atoms with Crippen LogP contribution >= 0.6 is 0 Å².